The molecule has 2 saturated carbocycles. The number of hydrogen-bond acceptors (Lipinski definition) is 4. The topological polar surface area (TPSA) is 81.5 Å². The van der Waals surface area contributed by atoms with Crippen LogP contribution in [0.5, 0.6) is 0 Å². The highest BCUT2D eigenvalue weighted by Crippen LogP contribution is 2.35. The zero-order valence-electron chi connectivity index (χ0n) is 16.7. The second-order valence-corrected chi connectivity index (χ2v) is 8.46. The van der Waals surface area contributed by atoms with Gasteiger partial charge in [-0.2, -0.15) is 5.26 Å². The molecule has 1 aromatic carbocycles. The van der Waals surface area contributed by atoms with Gasteiger partial charge in [0.1, 0.15) is 6.04 Å². The monoisotopic (exact) mass is 393 g/mol. The molecule has 0 spiro atoms. The fraction of sp³-hybridized carbons (Fsp3) is 0.565. The number of nitriles is 1. The van der Waals surface area contributed by atoms with Crippen molar-refractivity contribution in [2.24, 2.45) is 5.92 Å². The van der Waals surface area contributed by atoms with Crippen LogP contribution in [0.3, 0.4) is 0 Å². The maximum atomic E-state index is 13.5. The van der Waals surface area contributed by atoms with E-state index in [1.54, 1.807) is 29.2 Å². The van der Waals surface area contributed by atoms with Crippen LogP contribution in [0.4, 0.5) is 5.69 Å². The van der Waals surface area contributed by atoms with Gasteiger partial charge in [0.2, 0.25) is 11.8 Å². The van der Waals surface area contributed by atoms with Gasteiger partial charge in [0, 0.05) is 12.0 Å². The molecule has 6 nitrogen and oxygen atoms in total. The molecule has 1 saturated heterocycles. The first-order chi connectivity index (χ1) is 14.1. The fourth-order valence-electron chi connectivity index (χ4n) is 5.12. The molecule has 3 aliphatic rings. The largest absolute Gasteiger partial charge is 0.327 e. The highest BCUT2D eigenvalue weighted by molar-refractivity contribution is 6.23. The molecule has 0 radical (unpaired) electrons. The summed E-state index contributed by atoms with van der Waals surface area (Å²) >= 11 is 0. The van der Waals surface area contributed by atoms with Crippen LogP contribution < -0.4 is 4.90 Å². The molecule has 3 amide bonds. The first-order valence-corrected chi connectivity index (χ1v) is 10.8. The zero-order valence-corrected chi connectivity index (χ0v) is 16.7. The van der Waals surface area contributed by atoms with E-state index in [4.69, 9.17) is 5.26 Å². The molecule has 2 aliphatic carbocycles. The van der Waals surface area contributed by atoms with E-state index in [9.17, 15) is 14.4 Å². The van der Waals surface area contributed by atoms with Crippen LogP contribution in [-0.2, 0) is 14.4 Å². The number of amides is 3. The van der Waals surface area contributed by atoms with Crippen LogP contribution in [0.25, 0.3) is 0 Å². The summed E-state index contributed by atoms with van der Waals surface area (Å²) in [7, 11) is 0. The number of carbonyl (C=O) groups excluding carboxylic acids is 3. The smallest absolute Gasteiger partial charge is 0.257 e. The van der Waals surface area contributed by atoms with Crippen molar-refractivity contribution in [1.82, 2.24) is 4.90 Å². The normalized spacial score (nSPS) is 23.4. The molecular weight excluding hydrogens is 366 g/mol. The maximum Gasteiger partial charge on any atom is 0.257 e. The third kappa shape index (κ3) is 3.78. The Balaban J connectivity index is 1.60. The second kappa shape index (κ2) is 8.36. The molecule has 6 heteroatoms. The Hall–Kier alpha value is -2.68. The van der Waals surface area contributed by atoms with Crippen LogP contribution in [0.2, 0.25) is 0 Å². The van der Waals surface area contributed by atoms with E-state index in [-0.39, 0.29) is 36.1 Å². The average molecular weight is 393 g/mol. The van der Waals surface area contributed by atoms with Gasteiger partial charge in [-0.15, -0.1) is 0 Å². The Labute approximate surface area is 171 Å². The van der Waals surface area contributed by atoms with Crippen molar-refractivity contribution in [2.75, 3.05) is 4.90 Å². The number of nitrogens with zero attached hydrogens (tertiary/aromatic N) is 3. The lowest BCUT2D eigenvalue weighted by molar-refractivity contribution is -0.145. The van der Waals surface area contributed by atoms with Crippen molar-refractivity contribution >= 4 is 23.4 Å². The third-order valence-corrected chi connectivity index (χ3v) is 6.64. The molecule has 0 bridgehead atoms. The molecule has 0 aromatic heterocycles. The van der Waals surface area contributed by atoms with Crippen LogP contribution in [0.15, 0.2) is 24.3 Å². The minimum atomic E-state index is -0.698. The van der Waals surface area contributed by atoms with Crippen molar-refractivity contribution in [3.8, 4) is 6.07 Å². The van der Waals surface area contributed by atoms with Crippen molar-refractivity contribution in [1.29, 1.82) is 5.26 Å². The molecule has 4 rings (SSSR count). The van der Waals surface area contributed by atoms with E-state index in [0.29, 0.717) is 11.3 Å². The highest BCUT2D eigenvalue weighted by atomic mass is 16.2. The van der Waals surface area contributed by atoms with E-state index < -0.39 is 6.04 Å². The lowest BCUT2D eigenvalue weighted by Crippen LogP contribution is -2.52. The predicted molar refractivity (Wildman–Crippen MR) is 108 cm³/mol. The predicted octanol–water partition coefficient (Wildman–Crippen LogP) is 3.54. The highest BCUT2D eigenvalue weighted by Gasteiger charge is 2.47. The Bertz CT molecular complexity index is 830. The van der Waals surface area contributed by atoms with Gasteiger partial charge in [-0.25, -0.2) is 4.90 Å². The van der Waals surface area contributed by atoms with E-state index in [2.05, 4.69) is 0 Å². The lowest BCUT2D eigenvalue weighted by Gasteiger charge is -2.36. The summed E-state index contributed by atoms with van der Waals surface area (Å²) in [5.74, 6) is -0.527. The summed E-state index contributed by atoms with van der Waals surface area (Å²) in [4.78, 5) is 42.5. The number of benzene rings is 1. The van der Waals surface area contributed by atoms with Gasteiger partial charge < -0.3 is 4.90 Å². The maximum absolute atomic E-state index is 13.5. The molecule has 1 unspecified atom stereocenters. The van der Waals surface area contributed by atoms with E-state index >= 15 is 0 Å². The molecule has 1 atom stereocenters. The van der Waals surface area contributed by atoms with Crippen molar-refractivity contribution in [3.05, 3.63) is 29.8 Å². The van der Waals surface area contributed by atoms with Gasteiger partial charge in [0.15, 0.2) is 0 Å². The molecular formula is C23H27N3O3. The number of rotatable bonds is 4. The Morgan fingerprint density at radius 3 is 2.21 bits per heavy atom. The van der Waals surface area contributed by atoms with Gasteiger partial charge in [-0.05, 0) is 49.9 Å². The first kappa shape index (κ1) is 19.6. The number of carbonyl (C=O) groups is 3. The third-order valence-electron chi connectivity index (χ3n) is 6.64. The van der Waals surface area contributed by atoms with E-state index in [0.717, 1.165) is 51.4 Å². The van der Waals surface area contributed by atoms with E-state index in [1.165, 1.54) is 11.3 Å². The molecule has 152 valence electrons. The van der Waals surface area contributed by atoms with Crippen LogP contribution in [-0.4, -0.2) is 34.7 Å². The summed E-state index contributed by atoms with van der Waals surface area (Å²) < 4.78 is 0. The van der Waals surface area contributed by atoms with Gasteiger partial charge >= 0.3 is 0 Å². The number of hydrogen-bond donors (Lipinski definition) is 0. The SMILES string of the molecule is N#Cc1ccc(N2C(=O)CC(N(C(=O)C3CCCCC3)C3CCCC3)C2=O)cc1. The van der Waals surface area contributed by atoms with Crippen LogP contribution >= 0.6 is 0 Å². The summed E-state index contributed by atoms with van der Waals surface area (Å²) in [6.07, 6.45) is 9.05. The molecule has 29 heavy (non-hydrogen) atoms. The quantitative estimate of drug-likeness (QED) is 0.733. The van der Waals surface area contributed by atoms with E-state index in [1.807, 2.05) is 6.07 Å². The lowest BCUT2D eigenvalue weighted by atomic mass is 9.87. The number of anilines is 1. The minimum Gasteiger partial charge on any atom is -0.327 e. The molecule has 0 N–H and O–H groups in total. The number of imide groups is 1. The summed E-state index contributed by atoms with van der Waals surface area (Å²) in [6.45, 7) is 0. The molecule has 1 heterocycles. The van der Waals surface area contributed by atoms with Crippen molar-refractivity contribution < 1.29 is 14.4 Å². The summed E-state index contributed by atoms with van der Waals surface area (Å²) in [5, 5.41) is 8.98. The summed E-state index contributed by atoms with van der Waals surface area (Å²) in [5.41, 5.74) is 0.947. The second-order valence-electron chi connectivity index (χ2n) is 8.46. The minimum absolute atomic E-state index is 0.0174. The van der Waals surface area contributed by atoms with Crippen molar-refractivity contribution in [2.45, 2.75) is 76.3 Å². The Kier molecular flexibility index (Phi) is 5.66. The standard InChI is InChI=1S/C23H27N3O3/c24-15-16-10-12-19(13-11-16)26-21(27)14-20(23(26)29)25(18-8-4-5-9-18)22(28)17-6-2-1-3-7-17/h10-13,17-18,20H,1-9,14H2. The summed E-state index contributed by atoms with van der Waals surface area (Å²) in [6, 6.07) is 7.86. The molecule has 3 fully saturated rings. The fourth-order valence-corrected chi connectivity index (χ4v) is 5.12. The van der Waals surface area contributed by atoms with Gasteiger partial charge in [-0.3, -0.25) is 14.4 Å². The van der Waals surface area contributed by atoms with Gasteiger partial charge in [0.05, 0.1) is 23.7 Å². The Morgan fingerprint density at radius 2 is 1.59 bits per heavy atom. The zero-order chi connectivity index (χ0) is 20.4. The van der Waals surface area contributed by atoms with Crippen molar-refractivity contribution in [3.63, 3.8) is 0 Å². The van der Waals surface area contributed by atoms with Gasteiger partial charge in [-0.1, -0.05) is 32.1 Å². The molecule has 1 aliphatic heterocycles. The Morgan fingerprint density at radius 1 is 0.966 bits per heavy atom. The van der Waals surface area contributed by atoms with Crippen LogP contribution in [0.1, 0.15) is 69.8 Å². The van der Waals surface area contributed by atoms with Crippen LogP contribution in [0, 0.1) is 17.2 Å². The average Bonchev–Trinajstić information content (AvgIpc) is 3.38. The van der Waals surface area contributed by atoms with Gasteiger partial charge in [0.25, 0.3) is 5.91 Å². The molecule has 1 aromatic rings. The first-order valence-electron chi connectivity index (χ1n) is 10.8.